The van der Waals surface area contributed by atoms with Crippen LogP contribution in [0.3, 0.4) is 0 Å². The standard InChI is InChI=1S/C38H40N4O6S.2ClH/c1-39(34(43)24-41-14-18-46-19-15-41)29-10-13-31(42-16-20-47-21-17-42)28(22-29)25-48-30-11-8-27(9-12-30)36-35(26-6-4-3-5-7-26)37-32(40(36)2)23-33(49-37)38(44)45;;/h3-13,22-23H,14-21,24-25H2,1-2H3,(H,44,45);2*1H. The fourth-order valence-corrected chi connectivity index (χ4v) is 7.70. The maximum absolute atomic E-state index is 13.2. The van der Waals surface area contributed by atoms with E-state index < -0.39 is 5.97 Å². The number of aromatic nitrogens is 1. The molecule has 3 aromatic carbocycles. The number of anilines is 2. The Labute approximate surface area is 313 Å². The molecule has 0 unspecified atom stereocenters. The maximum Gasteiger partial charge on any atom is 0.345 e. The molecule has 0 radical (unpaired) electrons. The Hall–Kier alpha value is -4.10. The van der Waals surface area contributed by atoms with Gasteiger partial charge < -0.3 is 33.7 Å². The van der Waals surface area contributed by atoms with E-state index >= 15 is 0 Å². The first-order chi connectivity index (χ1) is 23.9. The summed E-state index contributed by atoms with van der Waals surface area (Å²) in [7, 11) is 3.81. The van der Waals surface area contributed by atoms with Crippen LogP contribution in [-0.2, 0) is 27.9 Å². The van der Waals surface area contributed by atoms with Gasteiger partial charge in [0.05, 0.1) is 48.9 Å². The Balaban J connectivity index is 0.00000252. The van der Waals surface area contributed by atoms with Crippen LogP contribution in [0.2, 0.25) is 0 Å². The number of thiophene rings is 1. The van der Waals surface area contributed by atoms with Crippen molar-refractivity contribution in [2.75, 3.05) is 76.0 Å². The smallest absolute Gasteiger partial charge is 0.345 e. The van der Waals surface area contributed by atoms with Crippen LogP contribution < -0.4 is 14.5 Å². The van der Waals surface area contributed by atoms with Gasteiger partial charge in [-0.3, -0.25) is 9.69 Å². The zero-order valence-electron chi connectivity index (χ0n) is 28.6. The number of aromatic carboxylic acids is 1. The minimum atomic E-state index is -0.920. The molecule has 2 aliphatic heterocycles. The molecule has 10 nitrogen and oxygen atoms in total. The molecule has 0 bridgehead atoms. The minimum absolute atomic E-state index is 0. The lowest BCUT2D eigenvalue weighted by Crippen LogP contribution is -2.43. The molecule has 1 amide bonds. The number of aryl methyl sites for hydroxylation is 1. The van der Waals surface area contributed by atoms with E-state index in [1.165, 1.54) is 11.3 Å². The van der Waals surface area contributed by atoms with Crippen LogP contribution in [0.4, 0.5) is 11.4 Å². The van der Waals surface area contributed by atoms with Gasteiger partial charge in [0, 0.05) is 62.8 Å². The number of nitrogens with zero attached hydrogens (tertiary/aromatic N) is 4. The van der Waals surface area contributed by atoms with Gasteiger partial charge in [-0.1, -0.05) is 30.3 Å². The quantitative estimate of drug-likeness (QED) is 0.166. The third-order valence-electron chi connectivity index (χ3n) is 9.31. The van der Waals surface area contributed by atoms with Crippen LogP contribution in [0.5, 0.6) is 5.75 Å². The lowest BCUT2D eigenvalue weighted by molar-refractivity contribution is -0.120. The molecule has 4 heterocycles. The highest BCUT2D eigenvalue weighted by Gasteiger charge is 2.24. The average Bonchev–Trinajstić information content (AvgIpc) is 3.70. The summed E-state index contributed by atoms with van der Waals surface area (Å²) in [5.74, 6) is -0.154. The van der Waals surface area contributed by atoms with Crippen LogP contribution in [0.15, 0.2) is 78.9 Å². The second kappa shape index (κ2) is 16.9. The Morgan fingerprint density at radius 3 is 2.20 bits per heavy atom. The second-order valence-electron chi connectivity index (χ2n) is 12.3. The molecule has 0 aliphatic carbocycles. The fraction of sp³-hybridized carbons (Fsp3) is 0.316. The highest BCUT2D eigenvalue weighted by atomic mass is 35.5. The first kappa shape index (κ1) is 38.1. The number of rotatable bonds is 10. The Morgan fingerprint density at radius 1 is 0.863 bits per heavy atom. The number of fused-ring (bicyclic) bond motifs is 1. The molecule has 5 aromatic rings. The third kappa shape index (κ3) is 8.19. The summed E-state index contributed by atoms with van der Waals surface area (Å²) in [6.45, 7) is 6.43. The van der Waals surface area contributed by atoms with Gasteiger partial charge in [0.15, 0.2) is 0 Å². The lowest BCUT2D eigenvalue weighted by atomic mass is 10.0. The zero-order chi connectivity index (χ0) is 33.9. The van der Waals surface area contributed by atoms with Crippen molar-refractivity contribution in [3.05, 3.63) is 89.3 Å². The number of morpholine rings is 2. The van der Waals surface area contributed by atoms with Crippen LogP contribution in [0.1, 0.15) is 15.2 Å². The highest BCUT2D eigenvalue weighted by molar-refractivity contribution is 7.21. The van der Waals surface area contributed by atoms with Crippen molar-refractivity contribution in [3.8, 4) is 28.1 Å². The van der Waals surface area contributed by atoms with Gasteiger partial charge in [-0.15, -0.1) is 36.2 Å². The van der Waals surface area contributed by atoms with E-state index in [-0.39, 0.29) is 30.7 Å². The van der Waals surface area contributed by atoms with Gasteiger partial charge in [0.2, 0.25) is 5.91 Å². The molecule has 13 heteroatoms. The maximum atomic E-state index is 13.2. The number of benzene rings is 3. The molecule has 2 saturated heterocycles. The van der Waals surface area contributed by atoms with Crippen molar-refractivity contribution < 1.29 is 28.9 Å². The van der Waals surface area contributed by atoms with Crippen molar-refractivity contribution in [3.63, 3.8) is 0 Å². The van der Waals surface area contributed by atoms with E-state index in [0.29, 0.717) is 44.5 Å². The van der Waals surface area contributed by atoms with Crippen molar-refractivity contribution >= 4 is 69.6 Å². The predicted molar refractivity (Wildman–Crippen MR) is 208 cm³/mol. The van der Waals surface area contributed by atoms with E-state index in [2.05, 4.69) is 50.8 Å². The fourth-order valence-electron chi connectivity index (χ4n) is 6.60. The average molecular weight is 754 g/mol. The first-order valence-corrected chi connectivity index (χ1v) is 17.4. The molecular formula is C38H42Cl2N4O6S. The summed E-state index contributed by atoms with van der Waals surface area (Å²) in [4.78, 5) is 31.5. The van der Waals surface area contributed by atoms with Gasteiger partial charge in [0.1, 0.15) is 17.2 Å². The number of halogens is 2. The number of hydrogen-bond donors (Lipinski definition) is 1. The van der Waals surface area contributed by atoms with Crippen molar-refractivity contribution in [1.82, 2.24) is 9.47 Å². The van der Waals surface area contributed by atoms with E-state index in [1.54, 1.807) is 11.0 Å². The van der Waals surface area contributed by atoms with Crippen LogP contribution in [0.25, 0.3) is 32.6 Å². The lowest BCUT2D eigenvalue weighted by Gasteiger charge is -2.32. The van der Waals surface area contributed by atoms with Crippen molar-refractivity contribution in [2.45, 2.75) is 6.61 Å². The molecule has 1 N–H and O–H groups in total. The van der Waals surface area contributed by atoms with Gasteiger partial charge in [-0.05, 0) is 59.7 Å². The number of amides is 1. The number of likely N-dealkylation sites (N-methyl/N-ethyl adjacent to an activating group) is 1. The molecule has 0 spiro atoms. The minimum Gasteiger partial charge on any atom is -0.489 e. The predicted octanol–water partition coefficient (Wildman–Crippen LogP) is 6.83. The summed E-state index contributed by atoms with van der Waals surface area (Å²) in [5.41, 5.74) is 7.86. The Kier molecular flexibility index (Phi) is 12.7. The Morgan fingerprint density at radius 2 is 1.53 bits per heavy atom. The molecule has 0 saturated carbocycles. The molecule has 2 aliphatic rings. The number of carbonyl (C=O) groups excluding carboxylic acids is 1. The topological polar surface area (TPSA) is 96.7 Å². The number of carboxylic acid groups (broad SMARTS) is 1. The number of carbonyl (C=O) groups is 2. The van der Waals surface area contributed by atoms with Gasteiger partial charge in [-0.25, -0.2) is 4.79 Å². The zero-order valence-corrected chi connectivity index (χ0v) is 31.0. The number of ether oxygens (including phenoxy) is 3. The van der Waals surface area contributed by atoms with E-state index in [1.807, 2.05) is 50.5 Å². The first-order valence-electron chi connectivity index (χ1n) is 16.5. The third-order valence-corrected chi connectivity index (χ3v) is 10.4. The Bertz CT molecular complexity index is 1950. The number of hydrogen-bond acceptors (Lipinski definition) is 8. The molecule has 51 heavy (non-hydrogen) atoms. The molecule has 2 fully saturated rings. The second-order valence-corrected chi connectivity index (χ2v) is 13.4. The molecule has 2 aromatic heterocycles. The summed E-state index contributed by atoms with van der Waals surface area (Å²) in [6, 6.07) is 26.1. The van der Waals surface area contributed by atoms with Gasteiger partial charge in [-0.2, -0.15) is 0 Å². The normalized spacial score (nSPS) is 14.8. The van der Waals surface area contributed by atoms with E-state index in [4.69, 9.17) is 14.2 Å². The molecule has 270 valence electrons. The summed E-state index contributed by atoms with van der Waals surface area (Å²) in [6.07, 6.45) is 0. The van der Waals surface area contributed by atoms with Crippen molar-refractivity contribution in [2.24, 2.45) is 7.05 Å². The van der Waals surface area contributed by atoms with Gasteiger partial charge >= 0.3 is 5.97 Å². The molecule has 0 atom stereocenters. The highest BCUT2D eigenvalue weighted by Crippen LogP contribution is 2.44. The largest absolute Gasteiger partial charge is 0.489 e. The molecular weight excluding hydrogens is 711 g/mol. The van der Waals surface area contributed by atoms with Crippen LogP contribution in [0, 0.1) is 0 Å². The summed E-state index contributed by atoms with van der Waals surface area (Å²) < 4.78 is 20.5. The van der Waals surface area contributed by atoms with Crippen LogP contribution in [-0.4, -0.2) is 92.6 Å². The summed E-state index contributed by atoms with van der Waals surface area (Å²) >= 11 is 1.30. The summed E-state index contributed by atoms with van der Waals surface area (Å²) in [5, 5.41) is 9.68. The SMILES string of the molecule is CN(C(=O)CN1CCOCC1)c1ccc(N2CCOCC2)c(COc2ccc(-c3c(-c4ccccc4)c4sc(C(=O)O)cc4n3C)cc2)c1.Cl.Cl. The monoisotopic (exact) mass is 752 g/mol. The van der Waals surface area contributed by atoms with Crippen LogP contribution >= 0.6 is 36.2 Å². The van der Waals surface area contributed by atoms with E-state index in [0.717, 1.165) is 81.5 Å². The van der Waals surface area contributed by atoms with E-state index in [9.17, 15) is 14.7 Å². The van der Waals surface area contributed by atoms with Crippen molar-refractivity contribution in [1.29, 1.82) is 0 Å². The number of carboxylic acids is 1. The molecule has 7 rings (SSSR count). The van der Waals surface area contributed by atoms with Gasteiger partial charge in [0.25, 0.3) is 0 Å².